The summed E-state index contributed by atoms with van der Waals surface area (Å²) in [6.07, 6.45) is 0.0532. The van der Waals surface area contributed by atoms with Crippen molar-refractivity contribution < 1.29 is 9.47 Å². The van der Waals surface area contributed by atoms with Crippen molar-refractivity contribution in [3.63, 3.8) is 0 Å². The average molecular weight is 280 g/mol. The van der Waals surface area contributed by atoms with Crippen molar-refractivity contribution in [2.45, 2.75) is 39.2 Å². The van der Waals surface area contributed by atoms with Crippen molar-refractivity contribution in [1.82, 2.24) is 9.97 Å². The number of hydrogen-bond acceptors (Lipinski definition) is 6. The molecule has 0 aliphatic carbocycles. The first-order valence-electron chi connectivity index (χ1n) is 6.95. The standard InChI is InChI=1S/C14H24N4O2/c1-9-11(15)17-13(14(2,3)4)18-12(9)16-7-10-8-19-5-6-20-10/h10H,5-8H2,1-4H3,(H3,15,16,17,18). The lowest BCUT2D eigenvalue weighted by molar-refractivity contribution is -0.0819. The van der Waals surface area contributed by atoms with E-state index < -0.39 is 0 Å². The predicted molar refractivity (Wildman–Crippen MR) is 78.9 cm³/mol. The number of hydrogen-bond donors (Lipinski definition) is 2. The van der Waals surface area contributed by atoms with Crippen LogP contribution in [0.4, 0.5) is 11.6 Å². The normalized spacial score (nSPS) is 19.9. The van der Waals surface area contributed by atoms with Crippen LogP contribution in [0.1, 0.15) is 32.2 Å². The molecule has 1 unspecified atom stereocenters. The molecule has 112 valence electrons. The fraction of sp³-hybridized carbons (Fsp3) is 0.714. The Hall–Kier alpha value is -1.40. The van der Waals surface area contributed by atoms with Crippen LogP contribution in [0.2, 0.25) is 0 Å². The SMILES string of the molecule is Cc1c(N)nc(C(C)(C)C)nc1NCC1COCCO1. The Morgan fingerprint density at radius 1 is 1.30 bits per heavy atom. The molecule has 0 radical (unpaired) electrons. The molecule has 1 aliphatic heterocycles. The molecule has 3 N–H and O–H groups in total. The summed E-state index contributed by atoms with van der Waals surface area (Å²) < 4.78 is 11.0. The molecule has 2 rings (SSSR count). The molecular weight excluding hydrogens is 256 g/mol. The van der Waals surface area contributed by atoms with Crippen molar-refractivity contribution >= 4 is 11.6 Å². The molecule has 1 aromatic heterocycles. The molecule has 0 aromatic carbocycles. The molecule has 1 saturated heterocycles. The summed E-state index contributed by atoms with van der Waals surface area (Å²) in [7, 11) is 0. The van der Waals surface area contributed by atoms with E-state index in [0.29, 0.717) is 32.2 Å². The fourth-order valence-corrected chi connectivity index (χ4v) is 1.91. The summed E-state index contributed by atoms with van der Waals surface area (Å²) in [5.74, 6) is 2.04. The summed E-state index contributed by atoms with van der Waals surface area (Å²) in [4.78, 5) is 8.96. The maximum absolute atomic E-state index is 5.98. The van der Waals surface area contributed by atoms with Gasteiger partial charge in [0, 0.05) is 17.5 Å². The van der Waals surface area contributed by atoms with Crippen LogP contribution in [-0.4, -0.2) is 42.4 Å². The van der Waals surface area contributed by atoms with Crippen molar-refractivity contribution in [2.75, 3.05) is 37.4 Å². The van der Waals surface area contributed by atoms with Gasteiger partial charge in [-0.15, -0.1) is 0 Å². The molecule has 20 heavy (non-hydrogen) atoms. The van der Waals surface area contributed by atoms with Gasteiger partial charge >= 0.3 is 0 Å². The van der Waals surface area contributed by atoms with E-state index in [1.165, 1.54) is 0 Å². The van der Waals surface area contributed by atoms with E-state index in [1.54, 1.807) is 0 Å². The number of nitrogen functional groups attached to an aromatic ring is 1. The zero-order valence-electron chi connectivity index (χ0n) is 12.7. The number of aromatic nitrogens is 2. The van der Waals surface area contributed by atoms with Gasteiger partial charge in [0.25, 0.3) is 0 Å². The third-order valence-corrected chi connectivity index (χ3v) is 3.24. The highest BCUT2D eigenvalue weighted by molar-refractivity contribution is 5.55. The highest BCUT2D eigenvalue weighted by Crippen LogP contribution is 2.24. The minimum absolute atomic E-state index is 0.0532. The third kappa shape index (κ3) is 3.58. The Balaban J connectivity index is 2.11. The predicted octanol–water partition coefficient (Wildman–Crippen LogP) is 1.49. The molecule has 1 aromatic rings. The second kappa shape index (κ2) is 5.93. The zero-order valence-corrected chi connectivity index (χ0v) is 12.7. The van der Waals surface area contributed by atoms with Gasteiger partial charge in [-0.1, -0.05) is 20.8 Å². The highest BCUT2D eigenvalue weighted by atomic mass is 16.6. The Labute approximate surface area is 120 Å². The first-order chi connectivity index (χ1) is 9.38. The first-order valence-corrected chi connectivity index (χ1v) is 6.95. The van der Waals surface area contributed by atoms with Gasteiger partial charge in [0.05, 0.1) is 25.9 Å². The van der Waals surface area contributed by atoms with Gasteiger partial charge in [-0.2, -0.15) is 0 Å². The van der Waals surface area contributed by atoms with Gasteiger partial charge in [0.2, 0.25) is 0 Å². The molecule has 0 amide bonds. The van der Waals surface area contributed by atoms with Gasteiger partial charge < -0.3 is 20.5 Å². The second-order valence-corrected chi connectivity index (χ2v) is 6.10. The number of nitrogens with one attached hydrogen (secondary N) is 1. The van der Waals surface area contributed by atoms with E-state index in [2.05, 4.69) is 36.1 Å². The van der Waals surface area contributed by atoms with Crippen LogP contribution >= 0.6 is 0 Å². The molecule has 0 spiro atoms. The lowest BCUT2D eigenvalue weighted by atomic mass is 9.95. The molecule has 6 heteroatoms. The first kappa shape index (κ1) is 15.0. The lowest BCUT2D eigenvalue weighted by Crippen LogP contribution is -2.34. The van der Waals surface area contributed by atoms with Gasteiger partial charge in [0.1, 0.15) is 17.5 Å². The Bertz CT molecular complexity index is 465. The van der Waals surface area contributed by atoms with Crippen LogP contribution in [-0.2, 0) is 14.9 Å². The number of anilines is 2. The smallest absolute Gasteiger partial charge is 0.138 e. The maximum atomic E-state index is 5.98. The average Bonchev–Trinajstić information content (AvgIpc) is 2.40. The van der Waals surface area contributed by atoms with E-state index in [-0.39, 0.29) is 11.5 Å². The van der Waals surface area contributed by atoms with Crippen LogP contribution in [0.25, 0.3) is 0 Å². The van der Waals surface area contributed by atoms with Crippen LogP contribution in [0, 0.1) is 6.92 Å². The van der Waals surface area contributed by atoms with E-state index in [0.717, 1.165) is 17.2 Å². The minimum atomic E-state index is -0.136. The van der Waals surface area contributed by atoms with E-state index in [4.69, 9.17) is 15.2 Å². The Morgan fingerprint density at radius 3 is 2.65 bits per heavy atom. The molecule has 1 fully saturated rings. The van der Waals surface area contributed by atoms with Crippen LogP contribution in [0.5, 0.6) is 0 Å². The molecule has 0 saturated carbocycles. The third-order valence-electron chi connectivity index (χ3n) is 3.24. The molecule has 1 aliphatic rings. The highest BCUT2D eigenvalue weighted by Gasteiger charge is 2.21. The largest absolute Gasteiger partial charge is 0.383 e. The quantitative estimate of drug-likeness (QED) is 0.873. The molecule has 2 heterocycles. The topological polar surface area (TPSA) is 82.3 Å². The van der Waals surface area contributed by atoms with Gasteiger partial charge in [0.15, 0.2) is 0 Å². The fourth-order valence-electron chi connectivity index (χ4n) is 1.91. The zero-order chi connectivity index (χ0) is 14.8. The summed E-state index contributed by atoms with van der Waals surface area (Å²) in [5, 5.41) is 3.30. The summed E-state index contributed by atoms with van der Waals surface area (Å²) in [6, 6.07) is 0. The van der Waals surface area contributed by atoms with E-state index >= 15 is 0 Å². The Morgan fingerprint density at radius 2 is 2.05 bits per heavy atom. The number of nitrogens with zero attached hydrogens (tertiary/aromatic N) is 2. The van der Waals surface area contributed by atoms with Crippen molar-refractivity contribution in [3.8, 4) is 0 Å². The number of rotatable bonds is 3. The van der Waals surface area contributed by atoms with E-state index in [1.807, 2.05) is 6.92 Å². The summed E-state index contributed by atoms with van der Waals surface area (Å²) >= 11 is 0. The van der Waals surface area contributed by atoms with E-state index in [9.17, 15) is 0 Å². The van der Waals surface area contributed by atoms with Crippen molar-refractivity contribution in [1.29, 1.82) is 0 Å². The van der Waals surface area contributed by atoms with Crippen LogP contribution in [0.3, 0.4) is 0 Å². The minimum Gasteiger partial charge on any atom is -0.383 e. The van der Waals surface area contributed by atoms with Crippen LogP contribution < -0.4 is 11.1 Å². The summed E-state index contributed by atoms with van der Waals surface area (Å²) in [6.45, 7) is 10.7. The second-order valence-electron chi connectivity index (χ2n) is 6.10. The molecule has 6 nitrogen and oxygen atoms in total. The number of nitrogens with two attached hydrogens (primary N) is 1. The van der Waals surface area contributed by atoms with Crippen LogP contribution in [0.15, 0.2) is 0 Å². The van der Waals surface area contributed by atoms with Gasteiger partial charge in [-0.3, -0.25) is 0 Å². The van der Waals surface area contributed by atoms with Gasteiger partial charge in [-0.05, 0) is 6.92 Å². The number of ether oxygens (including phenoxy) is 2. The van der Waals surface area contributed by atoms with Crippen molar-refractivity contribution in [3.05, 3.63) is 11.4 Å². The van der Waals surface area contributed by atoms with Crippen molar-refractivity contribution in [2.24, 2.45) is 0 Å². The molecule has 1 atom stereocenters. The lowest BCUT2D eigenvalue weighted by Gasteiger charge is -2.24. The molecule has 0 bridgehead atoms. The molecular formula is C14H24N4O2. The summed E-state index contributed by atoms with van der Waals surface area (Å²) in [5.41, 5.74) is 6.71. The maximum Gasteiger partial charge on any atom is 0.138 e. The monoisotopic (exact) mass is 280 g/mol. The van der Waals surface area contributed by atoms with Gasteiger partial charge in [-0.25, -0.2) is 9.97 Å². The Kier molecular flexibility index (Phi) is 4.45.